The van der Waals surface area contributed by atoms with Gasteiger partial charge in [0.25, 0.3) is 5.56 Å². The second kappa shape index (κ2) is 8.16. The Bertz CT molecular complexity index is 885. The molecule has 4 aliphatic rings. The summed E-state index contributed by atoms with van der Waals surface area (Å²) in [5, 5.41) is 0. The molecule has 7 heteroatoms. The van der Waals surface area contributed by atoms with E-state index >= 15 is 0 Å². The smallest absolute Gasteiger partial charge is 0.256 e. The van der Waals surface area contributed by atoms with Gasteiger partial charge in [-0.1, -0.05) is 19.3 Å². The molecule has 1 atom stereocenters. The van der Waals surface area contributed by atoms with Crippen molar-refractivity contribution >= 4 is 11.8 Å². The van der Waals surface area contributed by atoms with E-state index in [2.05, 4.69) is 4.98 Å². The van der Waals surface area contributed by atoms with Crippen LogP contribution in [0.4, 0.5) is 0 Å². The van der Waals surface area contributed by atoms with Crippen molar-refractivity contribution in [1.29, 1.82) is 0 Å². The second-order valence-electron chi connectivity index (χ2n) is 9.54. The van der Waals surface area contributed by atoms with E-state index in [1.807, 2.05) is 9.80 Å². The Labute approximate surface area is 177 Å². The number of aromatic nitrogens is 2. The summed E-state index contributed by atoms with van der Waals surface area (Å²) in [6.45, 7) is 1.75. The van der Waals surface area contributed by atoms with Crippen LogP contribution in [-0.4, -0.2) is 44.7 Å². The molecule has 1 N–H and O–H groups in total. The summed E-state index contributed by atoms with van der Waals surface area (Å²) in [6, 6.07) is -0.119. The number of nitrogens with one attached hydrogen (secondary N) is 1. The lowest BCUT2D eigenvalue weighted by Gasteiger charge is -2.36. The molecule has 0 aromatic carbocycles. The second-order valence-corrected chi connectivity index (χ2v) is 9.54. The van der Waals surface area contributed by atoms with Gasteiger partial charge in [0.15, 0.2) is 0 Å². The normalized spacial score (nSPS) is 25.1. The molecule has 2 aliphatic carbocycles. The maximum Gasteiger partial charge on any atom is 0.256 e. The first-order chi connectivity index (χ1) is 14.6. The van der Waals surface area contributed by atoms with Gasteiger partial charge >= 0.3 is 0 Å². The number of aromatic amines is 1. The highest BCUT2D eigenvalue weighted by atomic mass is 16.2. The number of hydrogen-bond acceptors (Lipinski definition) is 4. The molecule has 3 fully saturated rings. The standard InChI is InChI=1S/C23H32N4O3/c28-21-17-14-26(22(29)15-6-2-1-3-7-15)13-11-18(17)24-20(25-21)19-8-4-5-12-27(19)23(30)16-9-10-16/h15-16,19H,1-14H2,(H,24,25,28)/t19-/m0/s1. The topological polar surface area (TPSA) is 86.4 Å². The van der Waals surface area contributed by atoms with Crippen LogP contribution in [0.5, 0.6) is 0 Å². The fourth-order valence-electron chi connectivity index (χ4n) is 5.44. The fraction of sp³-hybridized carbons (Fsp3) is 0.739. The number of carbonyl (C=O) groups excluding carboxylic acids is 2. The Morgan fingerprint density at radius 2 is 1.60 bits per heavy atom. The molecule has 0 spiro atoms. The van der Waals surface area contributed by atoms with Gasteiger partial charge in [0.05, 0.1) is 23.8 Å². The van der Waals surface area contributed by atoms with E-state index in [1.165, 1.54) is 6.42 Å². The predicted molar refractivity (Wildman–Crippen MR) is 112 cm³/mol. The third kappa shape index (κ3) is 3.79. The van der Waals surface area contributed by atoms with Crippen LogP contribution in [0.15, 0.2) is 4.79 Å². The van der Waals surface area contributed by atoms with Crippen molar-refractivity contribution in [3.63, 3.8) is 0 Å². The minimum absolute atomic E-state index is 0.119. The average molecular weight is 413 g/mol. The quantitative estimate of drug-likeness (QED) is 0.827. The lowest BCUT2D eigenvalue weighted by Crippen LogP contribution is -2.44. The zero-order chi connectivity index (χ0) is 20.7. The zero-order valence-electron chi connectivity index (χ0n) is 17.7. The Morgan fingerprint density at radius 3 is 2.37 bits per heavy atom. The van der Waals surface area contributed by atoms with Crippen molar-refractivity contribution in [1.82, 2.24) is 19.8 Å². The van der Waals surface area contributed by atoms with E-state index in [-0.39, 0.29) is 35.3 Å². The molecular weight excluding hydrogens is 380 g/mol. The van der Waals surface area contributed by atoms with Gasteiger partial charge in [0.2, 0.25) is 11.8 Å². The molecule has 2 amide bonds. The molecule has 2 saturated carbocycles. The molecule has 3 heterocycles. The van der Waals surface area contributed by atoms with Crippen LogP contribution in [0.25, 0.3) is 0 Å². The number of likely N-dealkylation sites (tertiary alicyclic amines) is 1. The van der Waals surface area contributed by atoms with Crippen molar-refractivity contribution in [2.45, 2.75) is 83.2 Å². The molecule has 7 nitrogen and oxygen atoms in total. The highest BCUT2D eigenvalue weighted by Gasteiger charge is 2.39. The van der Waals surface area contributed by atoms with Crippen LogP contribution in [0.2, 0.25) is 0 Å². The van der Waals surface area contributed by atoms with Gasteiger partial charge in [-0.25, -0.2) is 4.98 Å². The molecule has 30 heavy (non-hydrogen) atoms. The summed E-state index contributed by atoms with van der Waals surface area (Å²) in [5.74, 6) is 1.37. The maximum atomic E-state index is 13.0. The van der Waals surface area contributed by atoms with Gasteiger partial charge in [0, 0.05) is 31.3 Å². The molecule has 162 valence electrons. The van der Waals surface area contributed by atoms with E-state index < -0.39 is 0 Å². The Kier molecular flexibility index (Phi) is 5.37. The lowest BCUT2D eigenvalue weighted by molar-refractivity contribution is -0.138. The van der Waals surface area contributed by atoms with Gasteiger partial charge in [0.1, 0.15) is 5.82 Å². The van der Waals surface area contributed by atoms with Crippen molar-refractivity contribution in [2.75, 3.05) is 13.1 Å². The number of nitrogens with zero attached hydrogens (tertiary/aromatic N) is 3. The number of amides is 2. The van der Waals surface area contributed by atoms with Crippen LogP contribution in [0, 0.1) is 11.8 Å². The van der Waals surface area contributed by atoms with E-state index in [9.17, 15) is 14.4 Å². The maximum absolute atomic E-state index is 13.0. The molecule has 5 rings (SSSR count). The van der Waals surface area contributed by atoms with Crippen LogP contribution in [0.1, 0.15) is 87.3 Å². The van der Waals surface area contributed by atoms with Crippen LogP contribution >= 0.6 is 0 Å². The largest absolute Gasteiger partial charge is 0.337 e. The van der Waals surface area contributed by atoms with Crippen LogP contribution in [-0.2, 0) is 22.6 Å². The summed E-state index contributed by atoms with van der Waals surface area (Å²) < 4.78 is 0. The Morgan fingerprint density at radius 1 is 0.867 bits per heavy atom. The van der Waals surface area contributed by atoms with E-state index in [4.69, 9.17) is 4.98 Å². The predicted octanol–water partition coefficient (Wildman–Crippen LogP) is 2.70. The molecule has 0 unspecified atom stereocenters. The highest BCUT2D eigenvalue weighted by molar-refractivity contribution is 5.81. The minimum Gasteiger partial charge on any atom is -0.337 e. The van der Waals surface area contributed by atoms with Crippen LogP contribution in [0.3, 0.4) is 0 Å². The van der Waals surface area contributed by atoms with Gasteiger partial charge < -0.3 is 14.8 Å². The lowest BCUT2D eigenvalue weighted by atomic mass is 9.88. The van der Waals surface area contributed by atoms with Gasteiger partial charge in [-0.2, -0.15) is 0 Å². The molecule has 0 radical (unpaired) electrons. The monoisotopic (exact) mass is 412 g/mol. The number of fused-ring (bicyclic) bond motifs is 1. The molecule has 1 aromatic rings. The third-order valence-corrected chi connectivity index (χ3v) is 7.38. The van der Waals surface area contributed by atoms with Crippen molar-refractivity contribution in [3.05, 3.63) is 27.4 Å². The van der Waals surface area contributed by atoms with E-state index in [1.54, 1.807) is 0 Å². The summed E-state index contributed by atoms with van der Waals surface area (Å²) in [7, 11) is 0. The zero-order valence-corrected chi connectivity index (χ0v) is 17.7. The van der Waals surface area contributed by atoms with Crippen molar-refractivity contribution in [2.24, 2.45) is 11.8 Å². The summed E-state index contributed by atoms with van der Waals surface area (Å²) in [5.41, 5.74) is 1.30. The van der Waals surface area contributed by atoms with E-state index in [0.717, 1.165) is 70.0 Å². The van der Waals surface area contributed by atoms with E-state index in [0.29, 0.717) is 30.9 Å². The molecule has 1 saturated heterocycles. The van der Waals surface area contributed by atoms with Gasteiger partial charge in [-0.3, -0.25) is 14.4 Å². The highest BCUT2D eigenvalue weighted by Crippen LogP contribution is 2.37. The molecule has 0 bridgehead atoms. The number of carbonyl (C=O) groups is 2. The Balaban J connectivity index is 1.35. The third-order valence-electron chi connectivity index (χ3n) is 7.38. The SMILES string of the molecule is O=C(C1CCCCC1)N1CCc2nc([C@@H]3CCCCN3C(=O)C3CC3)[nH]c(=O)c2C1. The average Bonchev–Trinajstić information content (AvgIpc) is 3.64. The number of rotatable bonds is 3. The summed E-state index contributed by atoms with van der Waals surface area (Å²) in [4.78, 5) is 50.3. The van der Waals surface area contributed by atoms with Crippen molar-refractivity contribution in [3.8, 4) is 0 Å². The van der Waals surface area contributed by atoms with Gasteiger partial charge in [-0.05, 0) is 44.9 Å². The number of piperidine rings is 1. The van der Waals surface area contributed by atoms with Crippen LogP contribution < -0.4 is 5.56 Å². The number of H-pyrrole nitrogens is 1. The first-order valence-corrected chi connectivity index (χ1v) is 11.8. The summed E-state index contributed by atoms with van der Waals surface area (Å²) in [6.07, 6.45) is 10.9. The summed E-state index contributed by atoms with van der Waals surface area (Å²) >= 11 is 0. The first kappa shape index (κ1) is 19.8. The Hall–Kier alpha value is -2.18. The minimum atomic E-state index is -0.138. The van der Waals surface area contributed by atoms with Crippen molar-refractivity contribution < 1.29 is 9.59 Å². The molecule has 1 aromatic heterocycles. The number of hydrogen-bond donors (Lipinski definition) is 1. The fourth-order valence-corrected chi connectivity index (χ4v) is 5.44. The van der Waals surface area contributed by atoms with Gasteiger partial charge in [-0.15, -0.1) is 0 Å². The first-order valence-electron chi connectivity index (χ1n) is 11.8. The molecular formula is C23H32N4O3. The molecule has 2 aliphatic heterocycles.